The summed E-state index contributed by atoms with van der Waals surface area (Å²) in [6, 6.07) is 0.278. The molecule has 0 aromatic carbocycles. The maximum Gasteiger partial charge on any atom is 0.260 e. The minimum Gasteiger partial charge on any atom is -0.271 e. The monoisotopic (exact) mass is 234 g/mol. The van der Waals surface area contributed by atoms with Gasteiger partial charge in [-0.05, 0) is 32.1 Å². The lowest BCUT2D eigenvalue weighted by atomic mass is 9.87. The summed E-state index contributed by atoms with van der Waals surface area (Å²) in [4.78, 5) is 11.7. The van der Waals surface area contributed by atoms with Crippen molar-refractivity contribution in [2.45, 2.75) is 39.2 Å². The number of hydrogen-bond donors (Lipinski definition) is 0. The van der Waals surface area contributed by atoms with Crippen LogP contribution in [0.4, 0.5) is 0 Å². The van der Waals surface area contributed by atoms with E-state index in [1.54, 1.807) is 6.08 Å². The van der Waals surface area contributed by atoms with Crippen LogP contribution < -0.4 is 0 Å². The number of likely N-dealkylation sites (N-methyl/N-ethyl adjacent to an activating group) is 2. The predicted molar refractivity (Wildman–Crippen MR) is 69.2 cm³/mol. The third kappa shape index (κ3) is 2.44. The van der Waals surface area contributed by atoms with Crippen molar-refractivity contribution >= 4 is 5.91 Å². The fourth-order valence-corrected chi connectivity index (χ4v) is 2.69. The number of carbonyl (C=O) groups excluding carboxylic acids is 1. The molecule has 2 unspecified atom stereocenters. The lowest BCUT2D eigenvalue weighted by Gasteiger charge is -2.40. The number of hydrogen-bond acceptors (Lipinski definition) is 2. The molecular weight excluding hydrogens is 212 g/mol. The van der Waals surface area contributed by atoms with Gasteiger partial charge < -0.3 is 0 Å². The summed E-state index contributed by atoms with van der Waals surface area (Å²) in [5.41, 5.74) is 1.47. The first-order chi connectivity index (χ1) is 8.13. The molecule has 94 valence electrons. The minimum atomic E-state index is 0.0935. The predicted octanol–water partition coefficient (Wildman–Crippen LogP) is 2.37. The molecular formula is C14H22N2O. The first-order valence-electron chi connectivity index (χ1n) is 6.54. The van der Waals surface area contributed by atoms with Gasteiger partial charge in [-0.3, -0.25) is 9.80 Å². The molecule has 2 aliphatic rings. The third-order valence-electron chi connectivity index (χ3n) is 3.85. The van der Waals surface area contributed by atoms with Gasteiger partial charge >= 0.3 is 0 Å². The molecule has 1 aliphatic heterocycles. The van der Waals surface area contributed by atoms with E-state index in [0.717, 1.165) is 18.9 Å². The Balaban J connectivity index is 2.16. The van der Waals surface area contributed by atoms with Crippen molar-refractivity contribution < 1.29 is 4.79 Å². The molecule has 0 saturated heterocycles. The maximum absolute atomic E-state index is 11.7. The van der Waals surface area contributed by atoms with Gasteiger partial charge in [-0.1, -0.05) is 24.6 Å². The Bertz CT molecular complexity index is 359. The smallest absolute Gasteiger partial charge is 0.260 e. The molecule has 1 aliphatic carbocycles. The standard InChI is InChI=1S/C14H22N2O/c1-4-16-14(17)10-9-13(15(16)3)12-7-5-11(2)6-8-12/h7,9-11,13H,4-6,8H2,1-3H3. The highest BCUT2D eigenvalue weighted by atomic mass is 16.2. The van der Waals surface area contributed by atoms with Crippen LogP contribution >= 0.6 is 0 Å². The van der Waals surface area contributed by atoms with Gasteiger partial charge in [-0.15, -0.1) is 0 Å². The van der Waals surface area contributed by atoms with Crippen LogP contribution in [0.2, 0.25) is 0 Å². The maximum atomic E-state index is 11.7. The van der Waals surface area contributed by atoms with Gasteiger partial charge in [0.1, 0.15) is 0 Å². The van der Waals surface area contributed by atoms with Crippen LogP contribution in [0.1, 0.15) is 33.1 Å². The van der Waals surface area contributed by atoms with Gasteiger partial charge in [0.25, 0.3) is 5.91 Å². The molecule has 0 fully saturated rings. The van der Waals surface area contributed by atoms with Crippen LogP contribution in [0.25, 0.3) is 0 Å². The fraction of sp³-hybridized carbons (Fsp3) is 0.643. The van der Waals surface area contributed by atoms with Crippen LogP contribution in [0.15, 0.2) is 23.8 Å². The zero-order chi connectivity index (χ0) is 12.4. The van der Waals surface area contributed by atoms with Crippen molar-refractivity contribution in [1.82, 2.24) is 10.0 Å². The van der Waals surface area contributed by atoms with Crippen molar-refractivity contribution in [2.75, 3.05) is 13.6 Å². The second-order valence-corrected chi connectivity index (χ2v) is 5.09. The van der Waals surface area contributed by atoms with E-state index in [-0.39, 0.29) is 11.9 Å². The van der Waals surface area contributed by atoms with Gasteiger partial charge in [-0.25, -0.2) is 5.01 Å². The van der Waals surface area contributed by atoms with Crippen LogP contribution in [0, 0.1) is 5.92 Å². The average Bonchev–Trinajstić information content (AvgIpc) is 2.31. The molecule has 17 heavy (non-hydrogen) atoms. The summed E-state index contributed by atoms with van der Waals surface area (Å²) in [5, 5.41) is 3.88. The Morgan fingerprint density at radius 1 is 1.47 bits per heavy atom. The normalized spacial score (nSPS) is 30.6. The summed E-state index contributed by atoms with van der Waals surface area (Å²) >= 11 is 0. The lowest BCUT2D eigenvalue weighted by Crippen LogP contribution is -2.51. The molecule has 2 rings (SSSR count). The van der Waals surface area contributed by atoms with E-state index in [2.05, 4.69) is 18.0 Å². The number of rotatable bonds is 2. The second-order valence-electron chi connectivity index (χ2n) is 5.09. The topological polar surface area (TPSA) is 23.6 Å². The van der Waals surface area contributed by atoms with Crippen LogP contribution in [0.5, 0.6) is 0 Å². The largest absolute Gasteiger partial charge is 0.271 e. The molecule has 0 spiro atoms. The molecule has 2 atom stereocenters. The number of allylic oxidation sites excluding steroid dienone is 1. The van der Waals surface area contributed by atoms with Crippen molar-refractivity contribution in [3.8, 4) is 0 Å². The summed E-state index contributed by atoms with van der Waals surface area (Å²) in [6.45, 7) is 5.05. The average molecular weight is 234 g/mol. The number of hydrazine groups is 1. The van der Waals surface area contributed by atoms with E-state index in [1.165, 1.54) is 18.4 Å². The van der Waals surface area contributed by atoms with Gasteiger partial charge in [-0.2, -0.15) is 0 Å². The minimum absolute atomic E-state index is 0.0935. The first-order valence-corrected chi connectivity index (χ1v) is 6.54. The summed E-state index contributed by atoms with van der Waals surface area (Å²) < 4.78 is 0. The fourth-order valence-electron chi connectivity index (χ4n) is 2.69. The Morgan fingerprint density at radius 2 is 2.24 bits per heavy atom. The quantitative estimate of drug-likeness (QED) is 0.685. The van der Waals surface area contributed by atoms with Crippen molar-refractivity contribution in [2.24, 2.45) is 5.92 Å². The zero-order valence-corrected chi connectivity index (χ0v) is 11.0. The van der Waals surface area contributed by atoms with Gasteiger partial charge in [0.05, 0.1) is 6.04 Å². The van der Waals surface area contributed by atoms with Crippen molar-refractivity contribution in [3.05, 3.63) is 23.8 Å². The Labute approximate surface area is 104 Å². The number of nitrogens with zero attached hydrogens (tertiary/aromatic N) is 2. The first kappa shape index (κ1) is 12.4. The molecule has 0 bridgehead atoms. The number of amides is 1. The molecule has 0 saturated carbocycles. The van der Waals surface area contributed by atoms with Crippen molar-refractivity contribution in [3.63, 3.8) is 0 Å². The van der Waals surface area contributed by atoms with E-state index in [0.29, 0.717) is 0 Å². The second kappa shape index (κ2) is 5.05. The van der Waals surface area contributed by atoms with E-state index >= 15 is 0 Å². The summed E-state index contributed by atoms with van der Waals surface area (Å²) in [6.07, 6.45) is 9.72. The molecule has 1 amide bonds. The highest BCUT2D eigenvalue weighted by molar-refractivity contribution is 5.88. The molecule has 1 heterocycles. The lowest BCUT2D eigenvalue weighted by molar-refractivity contribution is -0.143. The summed E-state index contributed by atoms with van der Waals surface area (Å²) in [5.74, 6) is 0.900. The molecule has 0 aromatic heterocycles. The van der Waals surface area contributed by atoms with Gasteiger partial charge in [0, 0.05) is 19.7 Å². The molecule has 0 aromatic rings. The molecule has 0 radical (unpaired) electrons. The van der Waals surface area contributed by atoms with E-state index in [4.69, 9.17) is 0 Å². The van der Waals surface area contributed by atoms with E-state index in [9.17, 15) is 4.79 Å². The van der Waals surface area contributed by atoms with E-state index in [1.807, 2.05) is 25.1 Å². The van der Waals surface area contributed by atoms with Crippen LogP contribution in [-0.2, 0) is 4.79 Å². The van der Waals surface area contributed by atoms with Gasteiger partial charge in [0.2, 0.25) is 0 Å². The molecule has 3 heteroatoms. The Kier molecular flexibility index (Phi) is 3.67. The van der Waals surface area contributed by atoms with Gasteiger partial charge in [0.15, 0.2) is 0 Å². The zero-order valence-electron chi connectivity index (χ0n) is 11.0. The van der Waals surface area contributed by atoms with Crippen LogP contribution in [-0.4, -0.2) is 35.6 Å². The van der Waals surface area contributed by atoms with Crippen molar-refractivity contribution in [1.29, 1.82) is 0 Å². The Hall–Kier alpha value is -1.09. The number of carbonyl (C=O) groups is 1. The molecule has 3 nitrogen and oxygen atoms in total. The third-order valence-corrected chi connectivity index (χ3v) is 3.85. The van der Waals surface area contributed by atoms with E-state index < -0.39 is 0 Å². The highest BCUT2D eigenvalue weighted by Crippen LogP contribution is 2.29. The highest BCUT2D eigenvalue weighted by Gasteiger charge is 2.28. The molecule has 0 N–H and O–H groups in total. The SMILES string of the molecule is CCN1C(=O)C=CC(C2=CCC(C)CC2)N1C. The Morgan fingerprint density at radius 3 is 2.82 bits per heavy atom. The summed E-state index contributed by atoms with van der Waals surface area (Å²) in [7, 11) is 2.01. The van der Waals surface area contributed by atoms with Crippen LogP contribution in [0.3, 0.4) is 0 Å².